The fourth-order valence-corrected chi connectivity index (χ4v) is 4.48. The molecule has 0 aromatic carbocycles. The number of nitriles is 1. The molecule has 1 saturated heterocycles. The molecule has 2 rings (SSSR count). The highest BCUT2D eigenvalue weighted by atomic mass is 32.2. The van der Waals surface area contributed by atoms with E-state index in [0.717, 1.165) is 24.3 Å². The van der Waals surface area contributed by atoms with E-state index in [2.05, 4.69) is 5.32 Å². The van der Waals surface area contributed by atoms with Crippen molar-refractivity contribution in [3.05, 3.63) is 17.0 Å². The lowest BCUT2D eigenvalue weighted by Gasteiger charge is -2.22. The van der Waals surface area contributed by atoms with Gasteiger partial charge in [-0.2, -0.15) is 9.57 Å². The normalized spacial score (nSPS) is 20.6. The molecule has 0 spiro atoms. The topological polar surface area (TPSA) is 73.2 Å². The van der Waals surface area contributed by atoms with Crippen LogP contribution in [0.25, 0.3) is 0 Å². The molecule has 5 nitrogen and oxygen atoms in total. The van der Waals surface area contributed by atoms with Crippen LogP contribution in [0.15, 0.2) is 16.3 Å². The molecule has 0 bridgehead atoms. The molecule has 17 heavy (non-hydrogen) atoms. The Morgan fingerprint density at radius 3 is 2.88 bits per heavy atom. The summed E-state index contributed by atoms with van der Waals surface area (Å²) in [5.41, 5.74) is 0. The summed E-state index contributed by atoms with van der Waals surface area (Å²) >= 11 is 1.02. The first-order chi connectivity index (χ1) is 8.05. The van der Waals surface area contributed by atoms with Gasteiger partial charge in [0, 0.05) is 19.6 Å². The summed E-state index contributed by atoms with van der Waals surface area (Å²) in [5.74, 6) is 0. The number of sulfonamides is 1. The van der Waals surface area contributed by atoms with Crippen LogP contribution in [0.4, 0.5) is 0 Å². The molecular formula is C10H13N3O2S2. The van der Waals surface area contributed by atoms with Crippen LogP contribution in [0, 0.1) is 11.3 Å². The zero-order valence-corrected chi connectivity index (χ0v) is 11.0. The second kappa shape index (κ2) is 4.74. The third-order valence-corrected chi connectivity index (χ3v) is 6.24. The molecule has 0 amide bonds. The Morgan fingerprint density at radius 2 is 2.35 bits per heavy atom. The largest absolute Gasteiger partial charge is 0.315 e. The number of thiophene rings is 1. The molecule has 1 aromatic rings. The Kier molecular flexibility index (Phi) is 3.49. The fourth-order valence-electron chi connectivity index (χ4n) is 1.81. The second-order valence-corrected chi connectivity index (χ2v) is 7.21. The molecule has 92 valence electrons. The minimum atomic E-state index is -3.45. The predicted octanol–water partition coefficient (Wildman–Crippen LogP) is 0.602. The monoisotopic (exact) mass is 271 g/mol. The lowest BCUT2D eigenvalue weighted by molar-refractivity contribution is 0.389. The molecule has 1 aliphatic rings. The van der Waals surface area contributed by atoms with E-state index in [0.29, 0.717) is 11.4 Å². The molecule has 0 radical (unpaired) electrons. The van der Waals surface area contributed by atoms with Crippen molar-refractivity contribution in [2.24, 2.45) is 0 Å². The summed E-state index contributed by atoms with van der Waals surface area (Å²) in [5, 5.41) is 11.8. The van der Waals surface area contributed by atoms with Gasteiger partial charge in [-0.05, 0) is 25.1 Å². The van der Waals surface area contributed by atoms with Crippen LogP contribution in [0.2, 0.25) is 0 Å². The first kappa shape index (κ1) is 12.5. The summed E-state index contributed by atoms with van der Waals surface area (Å²) < 4.78 is 26.1. The van der Waals surface area contributed by atoms with Gasteiger partial charge in [0.2, 0.25) is 0 Å². The minimum absolute atomic E-state index is 0.00707. The van der Waals surface area contributed by atoms with Crippen molar-refractivity contribution in [1.29, 1.82) is 5.26 Å². The van der Waals surface area contributed by atoms with Gasteiger partial charge in [-0.25, -0.2) is 8.42 Å². The van der Waals surface area contributed by atoms with Crippen LogP contribution < -0.4 is 5.32 Å². The first-order valence-corrected chi connectivity index (χ1v) is 7.50. The average Bonchev–Trinajstić information content (AvgIpc) is 2.98. The van der Waals surface area contributed by atoms with Crippen molar-refractivity contribution >= 4 is 21.4 Å². The smallest absolute Gasteiger partial charge is 0.252 e. The highest BCUT2D eigenvalue weighted by Gasteiger charge is 2.30. The van der Waals surface area contributed by atoms with E-state index in [1.807, 2.05) is 6.07 Å². The predicted molar refractivity (Wildman–Crippen MR) is 65.3 cm³/mol. The fraction of sp³-hybridized carbons (Fsp3) is 0.500. The maximum Gasteiger partial charge on any atom is 0.252 e. The van der Waals surface area contributed by atoms with Crippen LogP contribution in [0.3, 0.4) is 0 Å². The highest BCUT2D eigenvalue weighted by molar-refractivity contribution is 7.91. The van der Waals surface area contributed by atoms with Gasteiger partial charge in [0.15, 0.2) is 0 Å². The second-order valence-electron chi connectivity index (χ2n) is 3.90. The highest BCUT2D eigenvalue weighted by Crippen LogP contribution is 2.25. The van der Waals surface area contributed by atoms with Gasteiger partial charge in [0.05, 0.1) is 0 Å². The number of hydrogen-bond acceptors (Lipinski definition) is 5. The first-order valence-electron chi connectivity index (χ1n) is 5.24. The Labute approximate surface area is 105 Å². The molecule has 1 aliphatic heterocycles. The van der Waals surface area contributed by atoms with Crippen molar-refractivity contribution in [2.75, 3.05) is 20.1 Å². The van der Waals surface area contributed by atoms with E-state index in [-0.39, 0.29) is 10.3 Å². The zero-order chi connectivity index (χ0) is 12.5. The molecule has 1 aromatic heterocycles. The van der Waals surface area contributed by atoms with Gasteiger partial charge < -0.3 is 5.32 Å². The van der Waals surface area contributed by atoms with Gasteiger partial charge in [0.25, 0.3) is 10.0 Å². The lowest BCUT2D eigenvalue weighted by Crippen LogP contribution is -2.37. The van der Waals surface area contributed by atoms with Gasteiger partial charge >= 0.3 is 0 Å². The van der Waals surface area contributed by atoms with E-state index >= 15 is 0 Å². The summed E-state index contributed by atoms with van der Waals surface area (Å²) in [6, 6.07) is 5.00. The van der Waals surface area contributed by atoms with Crippen molar-refractivity contribution in [2.45, 2.75) is 16.7 Å². The minimum Gasteiger partial charge on any atom is -0.315 e. The molecule has 1 atom stereocenters. The van der Waals surface area contributed by atoms with Crippen molar-refractivity contribution < 1.29 is 8.42 Å². The maximum atomic E-state index is 12.2. The van der Waals surface area contributed by atoms with E-state index in [9.17, 15) is 8.42 Å². The molecule has 0 saturated carbocycles. The molecule has 1 N–H and O–H groups in total. The zero-order valence-electron chi connectivity index (χ0n) is 9.38. The van der Waals surface area contributed by atoms with E-state index in [1.54, 1.807) is 7.05 Å². The Hall–Kier alpha value is -0.940. The molecular weight excluding hydrogens is 258 g/mol. The van der Waals surface area contributed by atoms with Crippen molar-refractivity contribution in [3.63, 3.8) is 0 Å². The van der Waals surface area contributed by atoms with Crippen LogP contribution in [-0.2, 0) is 10.0 Å². The van der Waals surface area contributed by atoms with E-state index < -0.39 is 10.0 Å². The van der Waals surface area contributed by atoms with Gasteiger partial charge in [-0.15, -0.1) is 11.3 Å². The number of rotatable bonds is 3. The maximum absolute atomic E-state index is 12.2. The van der Waals surface area contributed by atoms with E-state index in [1.165, 1.54) is 16.4 Å². The van der Waals surface area contributed by atoms with Gasteiger partial charge in [-0.1, -0.05) is 0 Å². The summed E-state index contributed by atoms with van der Waals surface area (Å²) in [6.07, 6.45) is 0.826. The number of hydrogen-bond donors (Lipinski definition) is 1. The SMILES string of the molecule is CN(C1CCNC1)S(=O)(=O)c1ccc(C#N)s1. The van der Waals surface area contributed by atoms with Crippen LogP contribution in [-0.4, -0.2) is 38.9 Å². The van der Waals surface area contributed by atoms with Crippen LogP contribution in [0.5, 0.6) is 0 Å². The molecule has 1 fully saturated rings. The third-order valence-electron chi connectivity index (χ3n) is 2.87. The summed E-state index contributed by atoms with van der Waals surface area (Å²) in [4.78, 5) is 0.418. The lowest BCUT2D eigenvalue weighted by atomic mass is 10.3. The Bertz CT molecular complexity index is 538. The molecule has 1 unspecified atom stereocenters. The van der Waals surface area contributed by atoms with Crippen LogP contribution >= 0.6 is 11.3 Å². The number of nitrogens with one attached hydrogen (secondary N) is 1. The van der Waals surface area contributed by atoms with Crippen molar-refractivity contribution in [3.8, 4) is 6.07 Å². The molecule has 2 heterocycles. The molecule has 0 aliphatic carbocycles. The quantitative estimate of drug-likeness (QED) is 0.874. The van der Waals surface area contributed by atoms with Gasteiger partial charge in [-0.3, -0.25) is 0 Å². The van der Waals surface area contributed by atoms with Crippen molar-refractivity contribution in [1.82, 2.24) is 9.62 Å². The number of nitrogens with zero attached hydrogens (tertiary/aromatic N) is 2. The Balaban J connectivity index is 2.26. The van der Waals surface area contributed by atoms with Gasteiger partial charge in [0.1, 0.15) is 15.2 Å². The third kappa shape index (κ3) is 2.35. The van der Waals surface area contributed by atoms with E-state index in [4.69, 9.17) is 5.26 Å². The summed E-state index contributed by atoms with van der Waals surface area (Å²) in [7, 11) is -1.85. The summed E-state index contributed by atoms with van der Waals surface area (Å²) in [6.45, 7) is 1.53. The Morgan fingerprint density at radius 1 is 1.59 bits per heavy atom. The number of likely N-dealkylation sites (N-methyl/N-ethyl adjacent to an activating group) is 1. The average molecular weight is 271 g/mol. The standard InChI is InChI=1S/C10H13N3O2S2/c1-13(8-4-5-12-7-8)17(14,15)10-3-2-9(6-11)16-10/h2-3,8,12H,4-5,7H2,1H3. The van der Waals surface area contributed by atoms with Crippen LogP contribution in [0.1, 0.15) is 11.3 Å². The molecule has 7 heteroatoms.